The Kier molecular flexibility index (Phi) is 6.82. The number of aryl methyl sites for hydroxylation is 2. The average Bonchev–Trinajstić information content (AvgIpc) is 3.01. The van der Waals surface area contributed by atoms with Crippen molar-refractivity contribution in [1.29, 1.82) is 0 Å². The summed E-state index contributed by atoms with van der Waals surface area (Å²) in [6.07, 6.45) is 4.63. The Hall–Kier alpha value is -2.54. The lowest BCUT2D eigenvalue weighted by Gasteiger charge is -2.24. The van der Waals surface area contributed by atoms with Crippen molar-refractivity contribution in [3.05, 3.63) is 47.8 Å². The maximum Gasteiger partial charge on any atom is 0.317 e. The SMILES string of the molecule is CCN(C[C@@H](O)c1cccc(O)c1)C(=O)NCCCc1cnn(C)c1. The van der Waals surface area contributed by atoms with E-state index in [0.717, 1.165) is 18.4 Å². The fourth-order valence-electron chi connectivity index (χ4n) is 2.60. The molecular weight excluding hydrogens is 320 g/mol. The first-order valence-electron chi connectivity index (χ1n) is 8.47. The molecule has 0 fully saturated rings. The molecule has 0 aliphatic rings. The molecule has 1 aromatic heterocycles. The fourth-order valence-corrected chi connectivity index (χ4v) is 2.60. The second kappa shape index (κ2) is 9.08. The summed E-state index contributed by atoms with van der Waals surface area (Å²) in [4.78, 5) is 13.8. The van der Waals surface area contributed by atoms with Gasteiger partial charge in [-0.05, 0) is 43.0 Å². The molecule has 0 radical (unpaired) electrons. The summed E-state index contributed by atoms with van der Waals surface area (Å²) < 4.78 is 1.76. The number of urea groups is 1. The minimum absolute atomic E-state index is 0.0967. The number of rotatable bonds is 8. The van der Waals surface area contributed by atoms with Crippen LogP contribution in [0.4, 0.5) is 4.79 Å². The van der Waals surface area contributed by atoms with Crippen LogP contribution >= 0.6 is 0 Å². The summed E-state index contributed by atoms with van der Waals surface area (Å²) in [5, 5.41) is 26.8. The van der Waals surface area contributed by atoms with Crippen LogP contribution in [0.15, 0.2) is 36.7 Å². The third-order valence-corrected chi connectivity index (χ3v) is 3.99. The van der Waals surface area contributed by atoms with Crippen molar-refractivity contribution < 1.29 is 15.0 Å². The summed E-state index contributed by atoms with van der Waals surface area (Å²) in [7, 11) is 1.88. The van der Waals surface area contributed by atoms with Crippen LogP contribution in [0.2, 0.25) is 0 Å². The van der Waals surface area contributed by atoms with Gasteiger partial charge in [-0.3, -0.25) is 4.68 Å². The van der Waals surface area contributed by atoms with Crippen LogP contribution in [-0.2, 0) is 13.5 Å². The molecule has 2 amide bonds. The molecule has 0 unspecified atom stereocenters. The van der Waals surface area contributed by atoms with Gasteiger partial charge in [0.15, 0.2) is 0 Å². The third kappa shape index (κ3) is 5.79. The van der Waals surface area contributed by atoms with Gasteiger partial charge in [0.25, 0.3) is 0 Å². The van der Waals surface area contributed by atoms with E-state index >= 15 is 0 Å². The van der Waals surface area contributed by atoms with Gasteiger partial charge in [-0.15, -0.1) is 0 Å². The molecule has 7 heteroatoms. The van der Waals surface area contributed by atoms with Crippen LogP contribution < -0.4 is 5.32 Å². The quantitative estimate of drug-likeness (QED) is 0.636. The highest BCUT2D eigenvalue weighted by molar-refractivity contribution is 5.74. The number of aliphatic hydroxyl groups is 1. The smallest absolute Gasteiger partial charge is 0.317 e. The van der Waals surface area contributed by atoms with E-state index in [0.29, 0.717) is 18.7 Å². The normalized spacial score (nSPS) is 12.0. The number of aromatic nitrogens is 2. The van der Waals surface area contributed by atoms with Gasteiger partial charge in [0, 0.05) is 26.3 Å². The van der Waals surface area contributed by atoms with Crippen LogP contribution in [0, 0.1) is 0 Å². The van der Waals surface area contributed by atoms with E-state index in [1.807, 2.05) is 26.4 Å². The molecule has 0 saturated carbocycles. The Morgan fingerprint density at radius 3 is 2.88 bits per heavy atom. The largest absolute Gasteiger partial charge is 0.508 e. The van der Waals surface area contributed by atoms with Crippen molar-refractivity contribution in [3.63, 3.8) is 0 Å². The van der Waals surface area contributed by atoms with E-state index < -0.39 is 6.10 Å². The molecule has 0 bridgehead atoms. The van der Waals surface area contributed by atoms with Crippen LogP contribution in [0.5, 0.6) is 5.75 Å². The summed E-state index contributed by atoms with van der Waals surface area (Å²) in [6, 6.07) is 6.24. The van der Waals surface area contributed by atoms with Crippen molar-refractivity contribution in [3.8, 4) is 5.75 Å². The Balaban J connectivity index is 1.77. The highest BCUT2D eigenvalue weighted by atomic mass is 16.3. The molecule has 3 N–H and O–H groups in total. The minimum Gasteiger partial charge on any atom is -0.508 e. The molecule has 1 aromatic carbocycles. The molecule has 1 atom stereocenters. The number of phenols is 1. The zero-order chi connectivity index (χ0) is 18.2. The Morgan fingerprint density at radius 1 is 1.44 bits per heavy atom. The molecule has 0 aliphatic heterocycles. The van der Waals surface area contributed by atoms with E-state index in [1.165, 1.54) is 6.07 Å². The van der Waals surface area contributed by atoms with Gasteiger partial charge in [-0.1, -0.05) is 12.1 Å². The van der Waals surface area contributed by atoms with Crippen molar-refractivity contribution in [1.82, 2.24) is 20.0 Å². The fraction of sp³-hybridized carbons (Fsp3) is 0.444. The van der Waals surface area contributed by atoms with Crippen LogP contribution in [0.25, 0.3) is 0 Å². The van der Waals surface area contributed by atoms with Crippen LogP contribution in [0.1, 0.15) is 30.6 Å². The molecule has 7 nitrogen and oxygen atoms in total. The number of nitrogens with zero attached hydrogens (tertiary/aromatic N) is 3. The Morgan fingerprint density at radius 2 is 2.24 bits per heavy atom. The predicted molar refractivity (Wildman–Crippen MR) is 95.2 cm³/mol. The second-order valence-electron chi connectivity index (χ2n) is 6.01. The standard InChI is InChI=1S/C18H26N4O3/c1-3-22(13-17(24)15-7-4-8-16(23)10-15)18(25)19-9-5-6-14-11-20-21(2)12-14/h4,7-8,10-12,17,23-24H,3,5-6,9,13H2,1-2H3,(H,19,25)/t17-/m1/s1. The number of phenolic OH excluding ortho intramolecular Hbond substituents is 1. The molecule has 0 aliphatic carbocycles. The van der Waals surface area contributed by atoms with Crippen molar-refractivity contribution in [2.45, 2.75) is 25.9 Å². The average molecular weight is 346 g/mol. The monoisotopic (exact) mass is 346 g/mol. The number of amides is 2. The van der Waals surface area contributed by atoms with Crippen molar-refractivity contribution in [2.24, 2.45) is 7.05 Å². The second-order valence-corrected chi connectivity index (χ2v) is 6.01. The number of aromatic hydroxyl groups is 1. The van der Waals surface area contributed by atoms with E-state index in [9.17, 15) is 15.0 Å². The first-order chi connectivity index (χ1) is 12.0. The zero-order valence-electron chi connectivity index (χ0n) is 14.7. The zero-order valence-corrected chi connectivity index (χ0v) is 14.7. The first-order valence-corrected chi connectivity index (χ1v) is 8.47. The summed E-state index contributed by atoms with van der Waals surface area (Å²) in [5.41, 5.74) is 1.73. The molecule has 0 saturated heterocycles. The maximum atomic E-state index is 12.3. The number of aliphatic hydroxyl groups excluding tert-OH is 1. The summed E-state index contributed by atoms with van der Waals surface area (Å²) >= 11 is 0. The summed E-state index contributed by atoms with van der Waals surface area (Å²) in [6.45, 7) is 3.09. The van der Waals surface area contributed by atoms with E-state index in [2.05, 4.69) is 10.4 Å². The van der Waals surface area contributed by atoms with Gasteiger partial charge in [-0.2, -0.15) is 5.10 Å². The molecule has 25 heavy (non-hydrogen) atoms. The lowest BCUT2D eigenvalue weighted by molar-refractivity contribution is 0.123. The van der Waals surface area contributed by atoms with E-state index in [1.54, 1.807) is 27.8 Å². The van der Waals surface area contributed by atoms with Gasteiger partial charge in [0.1, 0.15) is 5.75 Å². The maximum absolute atomic E-state index is 12.3. The number of carbonyl (C=O) groups excluding carboxylic acids is 1. The molecule has 2 rings (SSSR count). The van der Waals surface area contributed by atoms with Gasteiger partial charge in [0.05, 0.1) is 18.8 Å². The highest BCUT2D eigenvalue weighted by Gasteiger charge is 2.17. The van der Waals surface area contributed by atoms with E-state index in [4.69, 9.17) is 0 Å². The third-order valence-electron chi connectivity index (χ3n) is 3.99. The predicted octanol–water partition coefficient (Wildman–Crippen LogP) is 1.82. The van der Waals surface area contributed by atoms with Crippen LogP contribution in [0.3, 0.4) is 0 Å². The van der Waals surface area contributed by atoms with Gasteiger partial charge < -0.3 is 20.4 Å². The number of nitrogens with one attached hydrogen (secondary N) is 1. The Labute approximate surface area is 147 Å². The Bertz CT molecular complexity index is 686. The summed E-state index contributed by atoms with van der Waals surface area (Å²) in [5.74, 6) is 0.0967. The lowest BCUT2D eigenvalue weighted by atomic mass is 10.1. The van der Waals surface area contributed by atoms with Gasteiger partial charge >= 0.3 is 6.03 Å². The lowest BCUT2D eigenvalue weighted by Crippen LogP contribution is -2.42. The molecular formula is C18H26N4O3. The van der Waals surface area contributed by atoms with Crippen LogP contribution in [-0.4, -0.2) is 50.6 Å². The minimum atomic E-state index is -0.840. The molecule has 2 aromatic rings. The van der Waals surface area contributed by atoms with E-state index in [-0.39, 0.29) is 18.3 Å². The first kappa shape index (κ1) is 18.8. The number of hydrogen-bond acceptors (Lipinski definition) is 4. The molecule has 0 spiro atoms. The number of hydrogen-bond donors (Lipinski definition) is 3. The molecule has 1 heterocycles. The number of carbonyl (C=O) groups is 1. The van der Waals surface area contributed by atoms with Crippen molar-refractivity contribution in [2.75, 3.05) is 19.6 Å². The van der Waals surface area contributed by atoms with Gasteiger partial charge in [-0.25, -0.2) is 4.79 Å². The van der Waals surface area contributed by atoms with Crippen molar-refractivity contribution >= 4 is 6.03 Å². The number of likely N-dealkylation sites (N-methyl/N-ethyl adjacent to an activating group) is 1. The highest BCUT2D eigenvalue weighted by Crippen LogP contribution is 2.19. The number of benzene rings is 1. The molecule has 136 valence electrons. The topological polar surface area (TPSA) is 90.6 Å². The van der Waals surface area contributed by atoms with Gasteiger partial charge in [0.2, 0.25) is 0 Å².